The molecule has 5 nitrogen and oxygen atoms in total. The quantitative estimate of drug-likeness (QED) is 0.856. The first-order valence-electron chi connectivity index (χ1n) is 6.64. The molecule has 1 N–H and O–H groups in total. The molecule has 1 aliphatic carbocycles. The van der Waals surface area contributed by atoms with Crippen LogP contribution < -0.4 is 0 Å². The van der Waals surface area contributed by atoms with Crippen LogP contribution >= 0.6 is 0 Å². The zero-order valence-corrected chi connectivity index (χ0v) is 11.3. The van der Waals surface area contributed by atoms with E-state index in [0.717, 1.165) is 19.3 Å². The maximum atomic E-state index is 12.6. The third kappa shape index (κ3) is 2.97. The molecule has 0 aromatic carbocycles. The van der Waals surface area contributed by atoms with E-state index < -0.39 is 5.97 Å². The highest BCUT2D eigenvalue weighted by atomic mass is 16.4. The van der Waals surface area contributed by atoms with Gasteiger partial charge in [0.05, 0.1) is 11.8 Å². The molecule has 0 unspecified atom stereocenters. The van der Waals surface area contributed by atoms with Crippen molar-refractivity contribution < 1.29 is 19.1 Å². The Balaban J connectivity index is 2.25. The fraction of sp³-hybridized carbons (Fsp3) is 0.571. The molecule has 2 rings (SSSR count). The monoisotopic (exact) mass is 265 g/mol. The summed E-state index contributed by atoms with van der Waals surface area (Å²) in [5.41, 5.74) is 1.14. The van der Waals surface area contributed by atoms with Crippen molar-refractivity contribution >= 4 is 11.9 Å². The van der Waals surface area contributed by atoms with Crippen molar-refractivity contribution in [1.82, 2.24) is 4.90 Å². The molecule has 0 spiro atoms. The molecule has 0 saturated heterocycles. The Hall–Kier alpha value is -1.78. The van der Waals surface area contributed by atoms with E-state index >= 15 is 0 Å². The van der Waals surface area contributed by atoms with Gasteiger partial charge < -0.3 is 14.4 Å². The van der Waals surface area contributed by atoms with Gasteiger partial charge in [-0.05, 0) is 26.2 Å². The van der Waals surface area contributed by atoms with Crippen LogP contribution in [0.15, 0.2) is 10.7 Å². The topological polar surface area (TPSA) is 70.8 Å². The predicted octanol–water partition coefficient (Wildman–Crippen LogP) is 2.23. The number of aliphatic carboxylic acids is 1. The second kappa shape index (κ2) is 5.47. The zero-order chi connectivity index (χ0) is 14.0. The smallest absolute Gasteiger partial charge is 0.311 e. The number of nitrogens with zero attached hydrogens (tertiary/aromatic N) is 1. The Kier molecular flexibility index (Phi) is 3.93. The maximum absolute atomic E-state index is 12.6. The fourth-order valence-corrected chi connectivity index (χ4v) is 2.27. The largest absolute Gasteiger partial charge is 0.481 e. The summed E-state index contributed by atoms with van der Waals surface area (Å²) in [6.45, 7) is 4.52. The SMILES string of the molecule is CCCN(C(=O)c1c(C)coc1CC(=O)O)C1CC1. The van der Waals surface area contributed by atoms with E-state index in [9.17, 15) is 9.59 Å². The van der Waals surface area contributed by atoms with Gasteiger partial charge in [-0.2, -0.15) is 0 Å². The Bertz CT molecular complexity index is 488. The number of furan rings is 1. The van der Waals surface area contributed by atoms with Gasteiger partial charge in [-0.25, -0.2) is 0 Å². The molecule has 0 radical (unpaired) electrons. The average molecular weight is 265 g/mol. The fourth-order valence-electron chi connectivity index (χ4n) is 2.27. The Morgan fingerprint density at radius 2 is 2.16 bits per heavy atom. The van der Waals surface area contributed by atoms with Gasteiger partial charge in [0.25, 0.3) is 5.91 Å². The highest BCUT2D eigenvalue weighted by Crippen LogP contribution is 2.30. The number of aryl methyl sites for hydroxylation is 1. The molecule has 104 valence electrons. The number of carbonyl (C=O) groups is 2. The number of carboxylic acids is 1. The number of rotatable bonds is 6. The van der Waals surface area contributed by atoms with Gasteiger partial charge in [-0.1, -0.05) is 6.92 Å². The van der Waals surface area contributed by atoms with E-state index in [-0.39, 0.29) is 18.1 Å². The van der Waals surface area contributed by atoms with Crippen LogP contribution in [0, 0.1) is 6.92 Å². The van der Waals surface area contributed by atoms with Crippen LogP contribution in [0.1, 0.15) is 47.9 Å². The summed E-state index contributed by atoms with van der Waals surface area (Å²) in [4.78, 5) is 25.2. The first kappa shape index (κ1) is 13.6. The van der Waals surface area contributed by atoms with Crippen molar-refractivity contribution in [3.05, 3.63) is 23.2 Å². The molecule has 5 heteroatoms. The first-order chi connectivity index (χ1) is 9.04. The molecule has 0 atom stereocenters. The van der Waals surface area contributed by atoms with Crippen molar-refractivity contribution in [2.75, 3.05) is 6.54 Å². The van der Waals surface area contributed by atoms with Crippen molar-refractivity contribution in [3.8, 4) is 0 Å². The lowest BCUT2D eigenvalue weighted by Crippen LogP contribution is -2.34. The van der Waals surface area contributed by atoms with Crippen LogP contribution in [0.25, 0.3) is 0 Å². The van der Waals surface area contributed by atoms with Gasteiger partial charge in [0.2, 0.25) is 0 Å². The highest BCUT2D eigenvalue weighted by Gasteiger charge is 2.34. The van der Waals surface area contributed by atoms with Gasteiger partial charge >= 0.3 is 5.97 Å². The van der Waals surface area contributed by atoms with Crippen molar-refractivity contribution in [3.63, 3.8) is 0 Å². The van der Waals surface area contributed by atoms with Crippen LogP contribution in [-0.4, -0.2) is 34.5 Å². The summed E-state index contributed by atoms with van der Waals surface area (Å²) in [6.07, 6.45) is 4.18. The van der Waals surface area contributed by atoms with Crippen molar-refractivity contribution in [1.29, 1.82) is 0 Å². The summed E-state index contributed by atoms with van der Waals surface area (Å²) in [6, 6.07) is 0.319. The second-order valence-corrected chi connectivity index (χ2v) is 5.02. The van der Waals surface area contributed by atoms with Crippen molar-refractivity contribution in [2.24, 2.45) is 0 Å². The second-order valence-electron chi connectivity index (χ2n) is 5.02. The molecular weight excluding hydrogens is 246 g/mol. The van der Waals surface area contributed by atoms with E-state index in [1.54, 1.807) is 6.92 Å². The minimum atomic E-state index is -0.989. The summed E-state index contributed by atoms with van der Waals surface area (Å²) >= 11 is 0. The maximum Gasteiger partial charge on any atom is 0.311 e. The number of hydrogen-bond donors (Lipinski definition) is 1. The molecule has 1 saturated carbocycles. The van der Waals surface area contributed by atoms with E-state index in [2.05, 4.69) is 0 Å². The van der Waals surface area contributed by atoms with Crippen LogP contribution in [0.3, 0.4) is 0 Å². The molecule has 19 heavy (non-hydrogen) atoms. The van der Waals surface area contributed by atoms with E-state index in [0.29, 0.717) is 23.7 Å². The number of amides is 1. The third-order valence-electron chi connectivity index (χ3n) is 3.29. The van der Waals surface area contributed by atoms with E-state index in [1.165, 1.54) is 6.26 Å². The molecule has 1 amide bonds. The molecule has 0 aliphatic heterocycles. The number of hydrogen-bond acceptors (Lipinski definition) is 3. The molecule has 1 fully saturated rings. The number of carbonyl (C=O) groups excluding carboxylic acids is 1. The summed E-state index contributed by atoms with van der Waals surface area (Å²) < 4.78 is 5.23. The van der Waals surface area contributed by atoms with Gasteiger partial charge in [-0.15, -0.1) is 0 Å². The minimum Gasteiger partial charge on any atom is -0.481 e. The third-order valence-corrected chi connectivity index (χ3v) is 3.29. The van der Waals surface area contributed by atoms with Gasteiger partial charge in [-0.3, -0.25) is 9.59 Å². The lowest BCUT2D eigenvalue weighted by atomic mass is 10.1. The van der Waals surface area contributed by atoms with E-state index in [1.807, 2.05) is 11.8 Å². The van der Waals surface area contributed by atoms with E-state index in [4.69, 9.17) is 9.52 Å². The standard InChI is InChI=1S/C14H19NO4/c1-3-6-15(10-4-5-10)14(18)13-9(2)8-19-11(13)7-12(16)17/h8,10H,3-7H2,1-2H3,(H,16,17). The summed E-state index contributed by atoms with van der Waals surface area (Å²) in [5, 5.41) is 8.86. The lowest BCUT2D eigenvalue weighted by Gasteiger charge is -2.22. The summed E-state index contributed by atoms with van der Waals surface area (Å²) in [7, 11) is 0. The molecular formula is C14H19NO4. The first-order valence-corrected chi connectivity index (χ1v) is 6.64. The van der Waals surface area contributed by atoms with Gasteiger partial charge in [0.1, 0.15) is 12.2 Å². The van der Waals surface area contributed by atoms with Crippen LogP contribution in [0.4, 0.5) is 0 Å². The van der Waals surface area contributed by atoms with Crippen LogP contribution in [0.2, 0.25) is 0 Å². The zero-order valence-electron chi connectivity index (χ0n) is 11.3. The van der Waals surface area contributed by atoms with Crippen LogP contribution in [-0.2, 0) is 11.2 Å². The van der Waals surface area contributed by atoms with Crippen molar-refractivity contribution in [2.45, 2.75) is 45.6 Å². The average Bonchev–Trinajstić information content (AvgIpc) is 3.11. The molecule has 1 aromatic rings. The van der Waals surface area contributed by atoms with Gasteiger partial charge in [0.15, 0.2) is 0 Å². The van der Waals surface area contributed by atoms with Gasteiger partial charge in [0, 0.05) is 18.2 Å². The Morgan fingerprint density at radius 3 is 2.68 bits per heavy atom. The van der Waals surface area contributed by atoms with Crippen LogP contribution in [0.5, 0.6) is 0 Å². The number of carboxylic acid groups (broad SMARTS) is 1. The normalized spacial score (nSPS) is 14.4. The predicted molar refractivity (Wildman–Crippen MR) is 69.1 cm³/mol. The lowest BCUT2D eigenvalue weighted by molar-refractivity contribution is -0.136. The Labute approximate surface area is 112 Å². The minimum absolute atomic E-state index is 0.0909. The highest BCUT2D eigenvalue weighted by molar-refractivity contribution is 5.97. The Morgan fingerprint density at radius 1 is 1.47 bits per heavy atom. The summed E-state index contributed by atoms with van der Waals surface area (Å²) in [5.74, 6) is -0.819. The molecule has 1 aliphatic rings. The molecule has 0 bridgehead atoms. The molecule has 1 heterocycles. The molecule has 1 aromatic heterocycles.